The molecule has 2 rings (SSSR count). The van der Waals surface area contributed by atoms with Gasteiger partial charge in [-0.25, -0.2) is 9.78 Å². The Balaban J connectivity index is 2.22. The Labute approximate surface area is 100 Å². The van der Waals surface area contributed by atoms with Gasteiger partial charge in [0.05, 0.1) is 6.54 Å². The van der Waals surface area contributed by atoms with E-state index in [4.69, 9.17) is 0 Å². The molecule has 0 aliphatic rings. The first-order valence-electron chi connectivity index (χ1n) is 6.01. The zero-order chi connectivity index (χ0) is 12.3. The first-order valence-corrected chi connectivity index (χ1v) is 6.01. The van der Waals surface area contributed by atoms with E-state index in [1.807, 2.05) is 23.2 Å². The summed E-state index contributed by atoms with van der Waals surface area (Å²) in [4.78, 5) is 16.2. The van der Waals surface area contributed by atoms with Crippen molar-refractivity contribution in [1.82, 2.24) is 18.7 Å². The van der Waals surface area contributed by atoms with E-state index >= 15 is 0 Å². The summed E-state index contributed by atoms with van der Waals surface area (Å²) in [7, 11) is 0. The van der Waals surface area contributed by atoms with Gasteiger partial charge >= 0.3 is 5.69 Å². The summed E-state index contributed by atoms with van der Waals surface area (Å²) in [6, 6.07) is 0. The van der Waals surface area contributed by atoms with E-state index in [0.717, 1.165) is 25.3 Å². The van der Waals surface area contributed by atoms with Crippen LogP contribution in [0.1, 0.15) is 26.1 Å². The van der Waals surface area contributed by atoms with Crippen LogP contribution in [0.15, 0.2) is 29.6 Å². The second-order valence-corrected chi connectivity index (χ2v) is 4.03. The standard InChI is InChI=1S/C12H18N4O/c1-3-6-15-8-9-16(12(15)17)10-11-13-5-7-14(11)4-2/h5,7-9H,3-4,6,10H2,1-2H3. The lowest BCUT2D eigenvalue weighted by Gasteiger charge is -2.04. The summed E-state index contributed by atoms with van der Waals surface area (Å²) in [5.41, 5.74) is 0.0394. The molecule has 0 saturated heterocycles. The lowest BCUT2D eigenvalue weighted by molar-refractivity contribution is 0.599. The second-order valence-electron chi connectivity index (χ2n) is 4.03. The van der Waals surface area contributed by atoms with Gasteiger partial charge in [0.15, 0.2) is 0 Å². The highest BCUT2D eigenvalue weighted by Gasteiger charge is 2.06. The largest absolute Gasteiger partial charge is 0.334 e. The average Bonchev–Trinajstić information content (AvgIpc) is 2.91. The fourth-order valence-electron chi connectivity index (χ4n) is 1.92. The molecule has 0 unspecified atom stereocenters. The van der Waals surface area contributed by atoms with Crippen molar-refractivity contribution in [3.05, 3.63) is 41.1 Å². The summed E-state index contributed by atoms with van der Waals surface area (Å²) < 4.78 is 5.48. The van der Waals surface area contributed by atoms with Crippen molar-refractivity contribution in [3.8, 4) is 0 Å². The number of imidazole rings is 2. The Kier molecular flexibility index (Phi) is 3.46. The van der Waals surface area contributed by atoms with Gasteiger partial charge in [-0.2, -0.15) is 0 Å². The predicted molar refractivity (Wildman–Crippen MR) is 66.0 cm³/mol. The van der Waals surface area contributed by atoms with Crippen LogP contribution in [-0.4, -0.2) is 18.7 Å². The van der Waals surface area contributed by atoms with Gasteiger partial charge in [-0.1, -0.05) is 6.92 Å². The van der Waals surface area contributed by atoms with Crippen LogP contribution in [0.5, 0.6) is 0 Å². The van der Waals surface area contributed by atoms with Crippen LogP contribution in [-0.2, 0) is 19.6 Å². The molecule has 0 N–H and O–H groups in total. The third kappa shape index (κ3) is 2.33. The summed E-state index contributed by atoms with van der Waals surface area (Å²) in [6.07, 6.45) is 8.33. The molecule has 0 atom stereocenters. The van der Waals surface area contributed by atoms with Crippen molar-refractivity contribution < 1.29 is 0 Å². The van der Waals surface area contributed by atoms with Crippen molar-refractivity contribution in [3.63, 3.8) is 0 Å². The fourth-order valence-corrected chi connectivity index (χ4v) is 1.92. The van der Waals surface area contributed by atoms with E-state index in [9.17, 15) is 4.79 Å². The zero-order valence-electron chi connectivity index (χ0n) is 10.3. The maximum absolute atomic E-state index is 12.0. The molecule has 0 spiro atoms. The summed E-state index contributed by atoms with van der Waals surface area (Å²) in [5.74, 6) is 0.920. The molecule has 0 aliphatic carbocycles. The van der Waals surface area contributed by atoms with Gasteiger partial charge in [0, 0.05) is 37.9 Å². The van der Waals surface area contributed by atoms with Crippen molar-refractivity contribution in [2.24, 2.45) is 0 Å². The Morgan fingerprint density at radius 2 is 1.88 bits per heavy atom. The molecule has 2 aromatic rings. The molecule has 0 radical (unpaired) electrons. The Morgan fingerprint density at radius 1 is 1.12 bits per heavy atom. The number of nitrogens with zero attached hydrogens (tertiary/aromatic N) is 4. The minimum Gasteiger partial charge on any atom is -0.334 e. The topological polar surface area (TPSA) is 44.8 Å². The van der Waals surface area contributed by atoms with Crippen LogP contribution in [0.25, 0.3) is 0 Å². The number of aromatic nitrogens is 4. The summed E-state index contributed by atoms with van der Waals surface area (Å²) >= 11 is 0. The SMILES string of the molecule is CCCn1ccn(Cc2nccn2CC)c1=O. The van der Waals surface area contributed by atoms with Crippen LogP contribution in [0.4, 0.5) is 0 Å². The molecule has 5 heteroatoms. The first-order chi connectivity index (χ1) is 8.26. The second kappa shape index (κ2) is 5.03. The molecule has 0 bridgehead atoms. The van der Waals surface area contributed by atoms with Gasteiger partial charge in [0.25, 0.3) is 0 Å². The third-order valence-corrected chi connectivity index (χ3v) is 2.84. The van der Waals surface area contributed by atoms with E-state index in [1.54, 1.807) is 15.3 Å². The zero-order valence-corrected chi connectivity index (χ0v) is 10.3. The van der Waals surface area contributed by atoms with E-state index in [1.165, 1.54) is 0 Å². The van der Waals surface area contributed by atoms with Crippen LogP contribution in [0.2, 0.25) is 0 Å². The number of hydrogen-bond acceptors (Lipinski definition) is 2. The lowest BCUT2D eigenvalue weighted by atomic mass is 10.5. The molecule has 0 aromatic carbocycles. The highest BCUT2D eigenvalue weighted by Crippen LogP contribution is 2.00. The van der Waals surface area contributed by atoms with Gasteiger partial charge in [-0.15, -0.1) is 0 Å². The van der Waals surface area contributed by atoms with Gasteiger partial charge in [-0.3, -0.25) is 9.13 Å². The Hall–Kier alpha value is -1.78. The van der Waals surface area contributed by atoms with Crippen molar-refractivity contribution in [1.29, 1.82) is 0 Å². The highest BCUT2D eigenvalue weighted by molar-refractivity contribution is 4.95. The maximum Gasteiger partial charge on any atom is 0.328 e. The average molecular weight is 234 g/mol. The minimum atomic E-state index is 0.0394. The molecule has 0 aliphatic heterocycles. The van der Waals surface area contributed by atoms with E-state index < -0.39 is 0 Å². The van der Waals surface area contributed by atoms with Crippen LogP contribution < -0.4 is 5.69 Å². The number of hydrogen-bond donors (Lipinski definition) is 0. The van der Waals surface area contributed by atoms with E-state index in [-0.39, 0.29) is 5.69 Å². The number of rotatable bonds is 5. The Bertz CT molecular complexity index is 535. The quantitative estimate of drug-likeness (QED) is 0.783. The van der Waals surface area contributed by atoms with Gasteiger partial charge in [0.2, 0.25) is 0 Å². The molecule has 92 valence electrons. The minimum absolute atomic E-state index is 0.0394. The molecule has 2 aromatic heterocycles. The molecule has 0 saturated carbocycles. The first kappa shape index (κ1) is 11.7. The molecule has 0 fully saturated rings. The maximum atomic E-state index is 12.0. The normalized spacial score (nSPS) is 10.9. The van der Waals surface area contributed by atoms with Crippen LogP contribution >= 0.6 is 0 Å². The monoisotopic (exact) mass is 234 g/mol. The van der Waals surface area contributed by atoms with E-state index in [2.05, 4.69) is 18.8 Å². The molecule has 2 heterocycles. The highest BCUT2D eigenvalue weighted by atomic mass is 16.1. The molecular weight excluding hydrogens is 216 g/mol. The van der Waals surface area contributed by atoms with Gasteiger partial charge < -0.3 is 4.57 Å². The molecule has 5 nitrogen and oxygen atoms in total. The number of aryl methyl sites for hydroxylation is 2. The molecule has 0 amide bonds. The van der Waals surface area contributed by atoms with Gasteiger partial charge in [0.1, 0.15) is 5.82 Å². The predicted octanol–water partition coefficient (Wildman–Crippen LogP) is 1.32. The third-order valence-electron chi connectivity index (χ3n) is 2.84. The lowest BCUT2D eigenvalue weighted by Crippen LogP contribution is -2.25. The Morgan fingerprint density at radius 3 is 2.59 bits per heavy atom. The molecular formula is C12H18N4O. The summed E-state index contributed by atoms with van der Waals surface area (Å²) in [5, 5.41) is 0. The molecule has 17 heavy (non-hydrogen) atoms. The van der Waals surface area contributed by atoms with Crippen molar-refractivity contribution in [2.75, 3.05) is 0 Å². The van der Waals surface area contributed by atoms with Crippen LogP contribution in [0.3, 0.4) is 0 Å². The smallest absolute Gasteiger partial charge is 0.328 e. The van der Waals surface area contributed by atoms with Crippen molar-refractivity contribution >= 4 is 0 Å². The summed E-state index contributed by atoms with van der Waals surface area (Å²) in [6.45, 7) is 6.31. The van der Waals surface area contributed by atoms with Crippen LogP contribution in [0, 0.1) is 0 Å². The van der Waals surface area contributed by atoms with Gasteiger partial charge in [-0.05, 0) is 13.3 Å². The fraction of sp³-hybridized carbons (Fsp3) is 0.500. The van der Waals surface area contributed by atoms with E-state index in [0.29, 0.717) is 6.54 Å². The van der Waals surface area contributed by atoms with Crippen molar-refractivity contribution in [2.45, 2.75) is 39.9 Å².